The van der Waals surface area contributed by atoms with Crippen molar-refractivity contribution in [3.8, 4) is 5.75 Å². The first-order valence-corrected chi connectivity index (χ1v) is 10.9. The van der Waals surface area contributed by atoms with Crippen LogP contribution in [0.4, 0.5) is 0 Å². The highest BCUT2D eigenvalue weighted by Gasteiger charge is 2.33. The van der Waals surface area contributed by atoms with Gasteiger partial charge in [0.05, 0.1) is 6.61 Å². The SMILES string of the molecule is O=C(O)C1c2cc(OCCc3cc4ccccc4o3)ccc2CCN1Cc1ccccc1. The predicted molar refractivity (Wildman–Crippen MR) is 123 cm³/mol. The molecule has 3 aromatic carbocycles. The first-order valence-electron chi connectivity index (χ1n) is 10.9. The fourth-order valence-electron chi connectivity index (χ4n) is 4.44. The van der Waals surface area contributed by atoms with E-state index < -0.39 is 12.0 Å². The van der Waals surface area contributed by atoms with Gasteiger partial charge in [0.25, 0.3) is 0 Å². The Hall–Kier alpha value is -3.57. The molecule has 5 nitrogen and oxygen atoms in total. The molecule has 1 atom stereocenters. The number of aliphatic carboxylic acids is 1. The number of carbonyl (C=O) groups is 1. The van der Waals surface area contributed by atoms with Crippen LogP contribution in [0.1, 0.15) is 28.5 Å². The molecule has 0 bridgehead atoms. The lowest BCUT2D eigenvalue weighted by Crippen LogP contribution is -2.39. The second-order valence-corrected chi connectivity index (χ2v) is 8.16. The van der Waals surface area contributed by atoms with E-state index in [-0.39, 0.29) is 0 Å². The van der Waals surface area contributed by atoms with Crippen LogP contribution in [0.2, 0.25) is 0 Å². The summed E-state index contributed by atoms with van der Waals surface area (Å²) in [4.78, 5) is 14.2. The summed E-state index contributed by atoms with van der Waals surface area (Å²) in [5, 5.41) is 11.1. The molecule has 32 heavy (non-hydrogen) atoms. The molecule has 0 fully saturated rings. The summed E-state index contributed by atoms with van der Waals surface area (Å²) in [6, 6.07) is 25.1. The van der Waals surface area contributed by atoms with E-state index in [9.17, 15) is 9.90 Å². The molecule has 0 spiro atoms. The van der Waals surface area contributed by atoms with Crippen LogP contribution in [-0.4, -0.2) is 29.1 Å². The van der Waals surface area contributed by atoms with E-state index >= 15 is 0 Å². The lowest BCUT2D eigenvalue weighted by Gasteiger charge is -2.35. The van der Waals surface area contributed by atoms with Crippen molar-refractivity contribution >= 4 is 16.9 Å². The van der Waals surface area contributed by atoms with Crippen LogP contribution in [0, 0.1) is 0 Å². The summed E-state index contributed by atoms with van der Waals surface area (Å²) in [6.45, 7) is 1.78. The number of hydrogen-bond acceptors (Lipinski definition) is 4. The number of carboxylic acid groups (broad SMARTS) is 1. The molecule has 1 aliphatic heterocycles. The molecule has 0 aliphatic carbocycles. The zero-order valence-electron chi connectivity index (χ0n) is 17.7. The Morgan fingerprint density at radius 1 is 1.03 bits per heavy atom. The molecule has 0 saturated heterocycles. The maximum Gasteiger partial charge on any atom is 0.325 e. The number of rotatable bonds is 7. The average Bonchev–Trinajstić information content (AvgIpc) is 3.22. The number of ether oxygens (including phenoxy) is 1. The molecular formula is C27H25NO4. The van der Waals surface area contributed by atoms with Gasteiger partial charge in [0, 0.05) is 24.9 Å². The van der Waals surface area contributed by atoms with Gasteiger partial charge in [-0.2, -0.15) is 0 Å². The monoisotopic (exact) mass is 427 g/mol. The number of nitrogens with zero attached hydrogens (tertiary/aromatic N) is 1. The topological polar surface area (TPSA) is 62.9 Å². The normalized spacial score (nSPS) is 16.1. The molecule has 0 saturated carbocycles. The van der Waals surface area contributed by atoms with Gasteiger partial charge in [-0.3, -0.25) is 9.69 Å². The Morgan fingerprint density at radius 3 is 2.66 bits per heavy atom. The summed E-state index contributed by atoms with van der Waals surface area (Å²) in [6.07, 6.45) is 1.47. The standard InChI is InChI=1S/C27H25NO4/c29-27(30)26-24-17-22(31-15-13-23-16-21-8-4-5-9-25(21)32-23)11-10-20(24)12-14-28(26)18-19-6-2-1-3-7-19/h1-11,16-17,26H,12-15,18H2,(H,29,30). The number of benzene rings is 3. The third kappa shape index (κ3) is 4.25. The van der Waals surface area contributed by atoms with Gasteiger partial charge in [0.15, 0.2) is 0 Å². The Kier molecular flexibility index (Phi) is 5.65. The zero-order chi connectivity index (χ0) is 21.9. The van der Waals surface area contributed by atoms with Gasteiger partial charge in [-0.1, -0.05) is 54.6 Å². The van der Waals surface area contributed by atoms with Crippen LogP contribution in [0.15, 0.2) is 83.3 Å². The molecular weight excluding hydrogens is 402 g/mol. The van der Waals surface area contributed by atoms with Crippen molar-refractivity contribution in [2.24, 2.45) is 0 Å². The third-order valence-corrected chi connectivity index (χ3v) is 6.00. The number of hydrogen-bond donors (Lipinski definition) is 1. The largest absolute Gasteiger partial charge is 0.493 e. The number of fused-ring (bicyclic) bond motifs is 2. The van der Waals surface area contributed by atoms with Crippen LogP contribution < -0.4 is 4.74 Å². The smallest absolute Gasteiger partial charge is 0.325 e. The van der Waals surface area contributed by atoms with E-state index in [0.29, 0.717) is 31.9 Å². The summed E-state index contributed by atoms with van der Waals surface area (Å²) in [5.41, 5.74) is 3.88. The maximum atomic E-state index is 12.2. The molecule has 4 aromatic rings. The lowest BCUT2D eigenvalue weighted by atomic mass is 9.92. The van der Waals surface area contributed by atoms with E-state index in [4.69, 9.17) is 9.15 Å². The number of carboxylic acids is 1. The molecule has 5 rings (SSSR count). The van der Waals surface area contributed by atoms with Crippen molar-refractivity contribution < 1.29 is 19.1 Å². The highest BCUT2D eigenvalue weighted by atomic mass is 16.5. The summed E-state index contributed by atoms with van der Waals surface area (Å²) in [7, 11) is 0. The van der Waals surface area contributed by atoms with Crippen LogP contribution in [-0.2, 0) is 24.2 Å². The fourth-order valence-corrected chi connectivity index (χ4v) is 4.44. The molecule has 5 heteroatoms. The molecule has 0 radical (unpaired) electrons. The average molecular weight is 428 g/mol. The summed E-state index contributed by atoms with van der Waals surface area (Å²) >= 11 is 0. The van der Waals surface area contributed by atoms with Crippen LogP contribution in [0.3, 0.4) is 0 Å². The Balaban J connectivity index is 1.30. The Bertz CT molecular complexity index is 1200. The number of furan rings is 1. The van der Waals surface area contributed by atoms with Crippen LogP contribution in [0.25, 0.3) is 11.0 Å². The van der Waals surface area contributed by atoms with Gasteiger partial charge < -0.3 is 14.3 Å². The summed E-state index contributed by atoms with van der Waals surface area (Å²) in [5.74, 6) is 0.732. The molecule has 1 unspecified atom stereocenters. The van der Waals surface area contributed by atoms with E-state index in [1.54, 1.807) is 0 Å². The van der Waals surface area contributed by atoms with Crippen molar-refractivity contribution in [1.29, 1.82) is 0 Å². The molecule has 1 aliphatic rings. The second kappa shape index (κ2) is 8.89. The van der Waals surface area contributed by atoms with Crippen molar-refractivity contribution in [3.63, 3.8) is 0 Å². The van der Waals surface area contributed by atoms with E-state index in [2.05, 4.69) is 0 Å². The van der Waals surface area contributed by atoms with Crippen LogP contribution >= 0.6 is 0 Å². The first-order chi connectivity index (χ1) is 15.7. The van der Waals surface area contributed by atoms with Gasteiger partial charge in [0.1, 0.15) is 23.1 Å². The van der Waals surface area contributed by atoms with Crippen molar-refractivity contribution in [1.82, 2.24) is 4.90 Å². The molecule has 162 valence electrons. The molecule has 2 heterocycles. The van der Waals surface area contributed by atoms with Gasteiger partial charge >= 0.3 is 5.97 Å². The van der Waals surface area contributed by atoms with Crippen molar-refractivity contribution in [2.75, 3.05) is 13.2 Å². The fraction of sp³-hybridized carbons (Fsp3) is 0.222. The summed E-state index contributed by atoms with van der Waals surface area (Å²) < 4.78 is 11.8. The van der Waals surface area contributed by atoms with Gasteiger partial charge in [-0.25, -0.2) is 0 Å². The molecule has 1 N–H and O–H groups in total. The zero-order valence-corrected chi connectivity index (χ0v) is 17.7. The van der Waals surface area contributed by atoms with Gasteiger partial charge in [0.2, 0.25) is 0 Å². The van der Waals surface area contributed by atoms with Gasteiger partial charge in [-0.15, -0.1) is 0 Å². The number of para-hydroxylation sites is 1. The minimum Gasteiger partial charge on any atom is -0.493 e. The Morgan fingerprint density at radius 2 is 1.84 bits per heavy atom. The predicted octanol–water partition coefficient (Wildman–Crippen LogP) is 5.24. The van der Waals surface area contributed by atoms with Crippen molar-refractivity contribution in [2.45, 2.75) is 25.4 Å². The maximum absolute atomic E-state index is 12.2. The van der Waals surface area contributed by atoms with E-state index in [1.807, 2.05) is 83.8 Å². The molecule has 1 aromatic heterocycles. The minimum absolute atomic E-state index is 0.462. The quantitative estimate of drug-likeness (QED) is 0.437. The first kappa shape index (κ1) is 20.3. The van der Waals surface area contributed by atoms with E-state index in [1.165, 1.54) is 0 Å². The minimum atomic E-state index is -0.832. The van der Waals surface area contributed by atoms with E-state index in [0.717, 1.165) is 39.8 Å². The van der Waals surface area contributed by atoms with Crippen molar-refractivity contribution in [3.05, 3.63) is 101 Å². The highest BCUT2D eigenvalue weighted by Crippen LogP contribution is 2.34. The molecule has 0 amide bonds. The highest BCUT2D eigenvalue weighted by molar-refractivity contribution is 5.78. The Labute approximate surface area is 186 Å². The lowest BCUT2D eigenvalue weighted by molar-refractivity contribution is -0.144. The third-order valence-electron chi connectivity index (χ3n) is 6.00. The van der Waals surface area contributed by atoms with Crippen LogP contribution in [0.5, 0.6) is 5.75 Å². The second-order valence-electron chi connectivity index (χ2n) is 8.16. The van der Waals surface area contributed by atoms with Gasteiger partial charge in [-0.05, 0) is 47.4 Å².